The zero-order valence-electron chi connectivity index (χ0n) is 31.9. The number of hydrogen-bond donors (Lipinski definition) is 2. The standard InChI is InChI=1S/C42H45N4O9P/c1-6-7-8-10-13-28-25-46(38-37(28)40(48)45-41(43-38)44-39(47)27(2)3)36-24-34(55-56(49)50)35(54-36)26-53-42(29-14-11-9-12-15-29,30-16-20-32(51-4)21-17-30)31-18-22-33(52-5)23-19-31/h9,11-12,14-23,25,27,34-36H,6-8,24,26H2,1-5H3,(H2,43,44,45,47,48)/t34-,35+,36+/m0/s1. The number of nitrogens with zero attached hydrogens (tertiary/aromatic N) is 2. The van der Waals surface area contributed by atoms with Gasteiger partial charge in [0.1, 0.15) is 35.5 Å². The minimum atomic E-state index is -3.29. The van der Waals surface area contributed by atoms with E-state index < -0.39 is 37.9 Å². The maximum Gasteiger partial charge on any atom is 0.488 e. The van der Waals surface area contributed by atoms with Gasteiger partial charge in [0.25, 0.3) is 5.56 Å². The van der Waals surface area contributed by atoms with E-state index in [1.807, 2.05) is 78.9 Å². The van der Waals surface area contributed by atoms with Crippen LogP contribution in [-0.2, 0) is 29.0 Å². The Labute approximate surface area is 326 Å². The fourth-order valence-electron chi connectivity index (χ4n) is 6.74. The highest BCUT2D eigenvalue weighted by atomic mass is 31.1. The van der Waals surface area contributed by atoms with Crippen LogP contribution in [0, 0.1) is 17.8 Å². The molecule has 56 heavy (non-hydrogen) atoms. The highest BCUT2D eigenvalue weighted by molar-refractivity contribution is 7.30. The molecule has 5 aromatic rings. The molecular weight excluding hydrogens is 735 g/mol. The number of aromatic nitrogens is 3. The number of rotatable bonds is 15. The van der Waals surface area contributed by atoms with E-state index in [-0.39, 0.29) is 41.8 Å². The largest absolute Gasteiger partial charge is 0.566 e. The third kappa shape index (κ3) is 8.70. The number of fused-ring (bicyclic) bond motifs is 1. The van der Waals surface area contributed by atoms with Crippen LogP contribution in [-0.4, -0.2) is 53.5 Å². The lowest BCUT2D eigenvalue weighted by Crippen LogP contribution is -2.38. The Morgan fingerprint density at radius 1 is 1.04 bits per heavy atom. The lowest BCUT2D eigenvalue weighted by Gasteiger charge is -2.37. The molecule has 1 aliphatic heterocycles. The van der Waals surface area contributed by atoms with Gasteiger partial charge < -0.3 is 28.4 Å². The summed E-state index contributed by atoms with van der Waals surface area (Å²) in [5.41, 5.74) is 1.28. The van der Waals surface area contributed by atoms with Gasteiger partial charge in [-0.05, 0) is 51.9 Å². The van der Waals surface area contributed by atoms with Crippen LogP contribution in [0.15, 0.2) is 89.9 Å². The fourth-order valence-corrected chi connectivity index (χ4v) is 7.18. The summed E-state index contributed by atoms with van der Waals surface area (Å²) in [4.78, 5) is 45.6. The van der Waals surface area contributed by atoms with E-state index >= 15 is 0 Å². The van der Waals surface area contributed by atoms with Crippen molar-refractivity contribution in [3.63, 3.8) is 0 Å². The van der Waals surface area contributed by atoms with Crippen molar-refractivity contribution in [3.05, 3.63) is 118 Å². The van der Waals surface area contributed by atoms with Crippen molar-refractivity contribution in [2.24, 2.45) is 5.92 Å². The molecule has 0 bridgehead atoms. The molecule has 14 heteroatoms. The summed E-state index contributed by atoms with van der Waals surface area (Å²) in [6.45, 7) is 5.40. The van der Waals surface area contributed by atoms with Crippen molar-refractivity contribution < 1.29 is 37.7 Å². The van der Waals surface area contributed by atoms with Gasteiger partial charge in [0.05, 0.1) is 31.8 Å². The molecule has 3 aromatic carbocycles. The molecule has 1 unspecified atom stereocenters. The molecule has 0 radical (unpaired) electrons. The second-order valence-corrected chi connectivity index (χ2v) is 14.3. The highest BCUT2D eigenvalue weighted by Crippen LogP contribution is 2.44. The number of carbonyl (C=O) groups is 1. The summed E-state index contributed by atoms with van der Waals surface area (Å²) in [7, 11) is -0.0974. The number of aromatic amines is 1. The molecule has 0 spiro atoms. The SMILES string of the molecule is CCCCC#Cc1cn([C@H]2C[C@H](O[P+](=O)[O-])[C@@H](COC(c3ccccc3)(c3ccc(OC)cc3)c3ccc(OC)cc3)O2)c2nc(NC(=O)C(C)C)[nH]c(=O)c12. The third-order valence-electron chi connectivity index (χ3n) is 9.68. The molecule has 3 heterocycles. The van der Waals surface area contributed by atoms with Crippen LogP contribution in [0.25, 0.3) is 11.0 Å². The summed E-state index contributed by atoms with van der Waals surface area (Å²) in [6, 6.07) is 24.8. The monoisotopic (exact) mass is 780 g/mol. The molecule has 2 aromatic heterocycles. The lowest BCUT2D eigenvalue weighted by molar-refractivity contribution is -0.192. The first-order valence-electron chi connectivity index (χ1n) is 18.5. The zero-order chi connectivity index (χ0) is 39.8. The molecule has 0 saturated carbocycles. The average molecular weight is 781 g/mol. The Balaban J connectivity index is 1.43. The fraction of sp³-hybridized carbons (Fsp3) is 0.357. The van der Waals surface area contributed by atoms with E-state index in [2.05, 4.69) is 34.0 Å². The maximum absolute atomic E-state index is 13.6. The Morgan fingerprint density at radius 3 is 2.23 bits per heavy atom. The van der Waals surface area contributed by atoms with Gasteiger partial charge in [-0.2, -0.15) is 4.98 Å². The van der Waals surface area contributed by atoms with Gasteiger partial charge in [-0.25, -0.2) is 0 Å². The van der Waals surface area contributed by atoms with Crippen LogP contribution >= 0.6 is 8.25 Å². The number of amides is 1. The minimum Gasteiger partial charge on any atom is -0.566 e. The molecule has 1 saturated heterocycles. The molecule has 0 aliphatic carbocycles. The van der Waals surface area contributed by atoms with Crippen LogP contribution in [0.3, 0.4) is 0 Å². The first kappa shape index (κ1) is 40.3. The summed E-state index contributed by atoms with van der Waals surface area (Å²) < 4.78 is 43.9. The van der Waals surface area contributed by atoms with Crippen molar-refractivity contribution in [2.45, 2.75) is 70.5 Å². The van der Waals surface area contributed by atoms with Gasteiger partial charge in [-0.3, -0.25) is 19.9 Å². The quantitative estimate of drug-likeness (QED) is 0.0513. The molecule has 1 amide bonds. The van der Waals surface area contributed by atoms with Crippen LogP contribution in [0.2, 0.25) is 0 Å². The van der Waals surface area contributed by atoms with Gasteiger partial charge >= 0.3 is 8.25 Å². The summed E-state index contributed by atoms with van der Waals surface area (Å²) >= 11 is 0. The van der Waals surface area contributed by atoms with E-state index in [1.165, 1.54) is 0 Å². The number of ether oxygens (including phenoxy) is 4. The van der Waals surface area contributed by atoms with E-state index in [0.29, 0.717) is 23.5 Å². The Morgan fingerprint density at radius 2 is 1.66 bits per heavy atom. The number of methoxy groups -OCH3 is 2. The summed E-state index contributed by atoms with van der Waals surface area (Å²) in [5, 5.41) is 2.88. The Bertz CT molecular complexity index is 2210. The molecule has 4 atom stereocenters. The predicted molar refractivity (Wildman–Crippen MR) is 209 cm³/mol. The first-order valence-corrected chi connectivity index (χ1v) is 19.6. The van der Waals surface area contributed by atoms with Gasteiger partial charge in [0, 0.05) is 25.0 Å². The number of H-pyrrole nitrogens is 1. The van der Waals surface area contributed by atoms with Gasteiger partial charge in [-0.1, -0.05) is 93.6 Å². The smallest absolute Gasteiger partial charge is 0.488 e. The molecule has 292 valence electrons. The van der Waals surface area contributed by atoms with Gasteiger partial charge in [-0.15, -0.1) is 4.52 Å². The number of hydrogen-bond acceptors (Lipinski definition) is 10. The number of anilines is 1. The van der Waals surface area contributed by atoms with Crippen molar-refractivity contribution >= 4 is 31.1 Å². The van der Waals surface area contributed by atoms with Gasteiger partial charge in [0.2, 0.25) is 11.9 Å². The number of carbonyl (C=O) groups excluding carboxylic acids is 1. The summed E-state index contributed by atoms with van der Waals surface area (Å²) in [6.07, 6.45) is 1.49. The molecule has 13 nitrogen and oxygen atoms in total. The van der Waals surface area contributed by atoms with Crippen LogP contribution in [0.1, 0.15) is 74.9 Å². The maximum atomic E-state index is 13.6. The van der Waals surface area contributed by atoms with E-state index in [9.17, 15) is 19.0 Å². The van der Waals surface area contributed by atoms with E-state index in [4.69, 9.17) is 23.5 Å². The Hall–Kier alpha value is -5.35. The second-order valence-electron chi connectivity index (χ2n) is 13.7. The Kier molecular flexibility index (Phi) is 13.0. The van der Waals surface area contributed by atoms with Crippen LogP contribution < -0.4 is 25.2 Å². The zero-order valence-corrected chi connectivity index (χ0v) is 32.8. The molecule has 1 fully saturated rings. The van der Waals surface area contributed by atoms with Crippen molar-refractivity contribution in [3.8, 4) is 23.3 Å². The molecule has 2 N–H and O–H groups in total. The minimum absolute atomic E-state index is 0.0361. The van der Waals surface area contributed by atoms with Crippen LogP contribution in [0.5, 0.6) is 11.5 Å². The van der Waals surface area contributed by atoms with Crippen molar-refractivity contribution in [1.82, 2.24) is 14.5 Å². The first-order chi connectivity index (χ1) is 27.1. The van der Waals surface area contributed by atoms with E-state index in [0.717, 1.165) is 29.5 Å². The van der Waals surface area contributed by atoms with E-state index in [1.54, 1.807) is 38.8 Å². The summed E-state index contributed by atoms with van der Waals surface area (Å²) in [5.74, 6) is 6.83. The van der Waals surface area contributed by atoms with Gasteiger partial charge in [0.15, 0.2) is 5.65 Å². The number of nitrogens with one attached hydrogen (secondary N) is 2. The molecule has 1 aliphatic rings. The number of benzene rings is 3. The molecular formula is C42H45N4O9P. The third-order valence-corrected chi connectivity index (χ3v) is 10.1. The topological polar surface area (TPSA) is 166 Å². The lowest BCUT2D eigenvalue weighted by atomic mass is 9.80. The number of unbranched alkanes of at least 4 members (excludes halogenated alkanes) is 2. The van der Waals surface area contributed by atoms with Crippen LogP contribution in [0.4, 0.5) is 5.95 Å². The normalized spacial score (nSPS) is 17.1. The second kappa shape index (κ2) is 18.1. The predicted octanol–water partition coefficient (Wildman–Crippen LogP) is 6.58. The molecule has 6 rings (SSSR count). The average Bonchev–Trinajstić information content (AvgIpc) is 3.78. The highest BCUT2D eigenvalue weighted by Gasteiger charge is 2.45. The van der Waals surface area contributed by atoms with Crippen molar-refractivity contribution in [1.29, 1.82) is 0 Å². The van der Waals surface area contributed by atoms with Crippen molar-refractivity contribution in [2.75, 3.05) is 26.1 Å².